The highest BCUT2D eigenvalue weighted by Crippen LogP contribution is 2.22. The lowest BCUT2D eigenvalue weighted by Gasteiger charge is -2.20. The fraction of sp³-hybridized carbons (Fsp3) is 0.417. The Morgan fingerprint density at radius 3 is 2.25 bits per heavy atom. The summed E-state index contributed by atoms with van der Waals surface area (Å²) in [6.45, 7) is 2.40. The van der Waals surface area contributed by atoms with Crippen LogP contribution in [-0.2, 0) is 19.6 Å². The molecule has 5 nitrogen and oxygen atoms in total. The summed E-state index contributed by atoms with van der Waals surface area (Å²) < 4.78 is 56.8. The average molecular weight is 307 g/mol. The number of nitrogens with zero attached hydrogens (tertiary/aromatic N) is 1. The molecule has 1 aromatic carbocycles. The zero-order valence-corrected chi connectivity index (χ0v) is 11.9. The standard InChI is InChI=1S/C12H15F2NO4S/c1-3-15(8-11(16)19-4-2)20(17,18)12-9(13)6-5-7-10(12)14/h5-7H,3-4,8H2,1-2H3. The molecule has 112 valence electrons. The van der Waals surface area contributed by atoms with E-state index in [2.05, 4.69) is 4.74 Å². The Labute approximate surface area is 116 Å². The van der Waals surface area contributed by atoms with E-state index in [0.717, 1.165) is 18.2 Å². The maximum Gasteiger partial charge on any atom is 0.321 e. The first-order valence-electron chi connectivity index (χ1n) is 5.94. The van der Waals surface area contributed by atoms with Gasteiger partial charge in [0, 0.05) is 6.54 Å². The number of rotatable bonds is 6. The van der Waals surface area contributed by atoms with Crippen LogP contribution in [0.3, 0.4) is 0 Å². The number of hydrogen-bond acceptors (Lipinski definition) is 4. The number of ether oxygens (including phenoxy) is 1. The molecular weight excluding hydrogens is 292 g/mol. The predicted molar refractivity (Wildman–Crippen MR) is 67.4 cm³/mol. The lowest BCUT2D eigenvalue weighted by Crippen LogP contribution is -2.37. The number of carbonyl (C=O) groups is 1. The minimum atomic E-state index is -4.44. The molecule has 0 unspecified atom stereocenters. The van der Waals surface area contributed by atoms with Crippen LogP contribution >= 0.6 is 0 Å². The molecule has 0 N–H and O–H groups in total. The normalized spacial score (nSPS) is 11.7. The Balaban J connectivity index is 3.16. The van der Waals surface area contributed by atoms with E-state index in [0.29, 0.717) is 4.31 Å². The van der Waals surface area contributed by atoms with Gasteiger partial charge >= 0.3 is 5.97 Å². The second-order valence-corrected chi connectivity index (χ2v) is 5.66. The number of hydrogen-bond donors (Lipinski definition) is 0. The molecular formula is C12H15F2NO4S. The lowest BCUT2D eigenvalue weighted by molar-refractivity contribution is -0.143. The van der Waals surface area contributed by atoms with Crippen LogP contribution < -0.4 is 0 Å². The Hall–Kier alpha value is -1.54. The first-order chi connectivity index (χ1) is 9.34. The molecule has 0 aliphatic heterocycles. The third-order valence-electron chi connectivity index (χ3n) is 2.48. The minimum absolute atomic E-state index is 0.0878. The predicted octanol–water partition coefficient (Wildman–Crippen LogP) is 1.54. The molecule has 0 aromatic heterocycles. The first-order valence-corrected chi connectivity index (χ1v) is 7.38. The van der Waals surface area contributed by atoms with Gasteiger partial charge in [-0.2, -0.15) is 4.31 Å². The molecule has 0 atom stereocenters. The summed E-state index contributed by atoms with van der Waals surface area (Å²) in [6, 6.07) is 2.74. The van der Waals surface area contributed by atoms with Crippen molar-refractivity contribution in [1.29, 1.82) is 0 Å². The first kappa shape index (κ1) is 16.5. The zero-order valence-electron chi connectivity index (χ0n) is 11.1. The molecule has 20 heavy (non-hydrogen) atoms. The zero-order chi connectivity index (χ0) is 15.3. The van der Waals surface area contributed by atoms with Crippen molar-refractivity contribution in [2.24, 2.45) is 0 Å². The third kappa shape index (κ3) is 3.51. The van der Waals surface area contributed by atoms with E-state index in [9.17, 15) is 22.0 Å². The summed E-state index contributed by atoms with van der Waals surface area (Å²) in [7, 11) is -4.44. The number of benzene rings is 1. The van der Waals surface area contributed by atoms with E-state index in [4.69, 9.17) is 0 Å². The van der Waals surface area contributed by atoms with E-state index < -0.39 is 39.1 Å². The van der Waals surface area contributed by atoms with Crippen molar-refractivity contribution in [1.82, 2.24) is 4.31 Å². The van der Waals surface area contributed by atoms with Crippen LogP contribution in [0, 0.1) is 11.6 Å². The lowest BCUT2D eigenvalue weighted by atomic mass is 10.3. The van der Waals surface area contributed by atoms with Crippen molar-refractivity contribution < 1.29 is 26.7 Å². The highest BCUT2D eigenvalue weighted by Gasteiger charge is 2.31. The summed E-state index contributed by atoms with van der Waals surface area (Å²) >= 11 is 0. The van der Waals surface area contributed by atoms with Crippen molar-refractivity contribution >= 4 is 16.0 Å². The van der Waals surface area contributed by atoms with Gasteiger partial charge in [-0.3, -0.25) is 4.79 Å². The monoisotopic (exact) mass is 307 g/mol. The van der Waals surface area contributed by atoms with Crippen LogP contribution in [0.1, 0.15) is 13.8 Å². The molecule has 0 heterocycles. The quantitative estimate of drug-likeness (QED) is 0.748. The van der Waals surface area contributed by atoms with Crippen molar-refractivity contribution in [2.75, 3.05) is 19.7 Å². The van der Waals surface area contributed by atoms with Gasteiger partial charge < -0.3 is 4.74 Å². The van der Waals surface area contributed by atoms with E-state index in [1.165, 1.54) is 6.92 Å². The number of carbonyl (C=O) groups excluding carboxylic acids is 1. The van der Waals surface area contributed by atoms with E-state index >= 15 is 0 Å². The van der Waals surface area contributed by atoms with Gasteiger partial charge in [-0.1, -0.05) is 13.0 Å². The summed E-state index contributed by atoms with van der Waals surface area (Å²) in [5, 5.41) is 0. The summed E-state index contributed by atoms with van der Waals surface area (Å²) in [4.78, 5) is 10.3. The summed E-state index contributed by atoms with van der Waals surface area (Å²) in [5.74, 6) is -3.19. The Morgan fingerprint density at radius 1 is 1.25 bits per heavy atom. The van der Waals surface area contributed by atoms with Crippen LogP contribution in [-0.4, -0.2) is 38.4 Å². The number of sulfonamides is 1. The van der Waals surface area contributed by atoms with Crippen LogP contribution in [0.4, 0.5) is 8.78 Å². The second-order valence-electron chi connectivity index (χ2n) is 3.79. The van der Waals surface area contributed by atoms with E-state index in [1.807, 2.05) is 0 Å². The third-order valence-corrected chi connectivity index (χ3v) is 4.45. The largest absolute Gasteiger partial charge is 0.465 e. The van der Waals surface area contributed by atoms with Crippen LogP contribution in [0.15, 0.2) is 23.1 Å². The molecule has 0 saturated carbocycles. The highest BCUT2D eigenvalue weighted by molar-refractivity contribution is 7.89. The maximum absolute atomic E-state index is 13.6. The molecule has 0 saturated heterocycles. The summed E-state index contributed by atoms with van der Waals surface area (Å²) in [5.41, 5.74) is 0. The Kier molecular flexibility index (Phi) is 5.58. The molecule has 0 amide bonds. The van der Waals surface area contributed by atoms with Crippen molar-refractivity contribution in [3.8, 4) is 0 Å². The molecule has 0 spiro atoms. The number of esters is 1. The number of likely N-dealkylation sites (N-methyl/N-ethyl adjacent to an activating group) is 1. The van der Waals surface area contributed by atoms with Gasteiger partial charge in [0.25, 0.3) is 0 Å². The SMILES string of the molecule is CCOC(=O)CN(CC)S(=O)(=O)c1c(F)cccc1F. The number of halogens is 2. The molecule has 1 rings (SSSR count). The maximum atomic E-state index is 13.6. The van der Waals surface area contributed by atoms with Gasteiger partial charge in [0.1, 0.15) is 18.2 Å². The topological polar surface area (TPSA) is 63.7 Å². The van der Waals surface area contributed by atoms with Crippen LogP contribution in [0.5, 0.6) is 0 Å². The fourth-order valence-electron chi connectivity index (χ4n) is 1.58. The van der Waals surface area contributed by atoms with Gasteiger partial charge in [0.2, 0.25) is 10.0 Å². The van der Waals surface area contributed by atoms with Crippen LogP contribution in [0.25, 0.3) is 0 Å². The van der Waals surface area contributed by atoms with Crippen molar-refractivity contribution in [3.63, 3.8) is 0 Å². The van der Waals surface area contributed by atoms with Gasteiger partial charge in [-0.15, -0.1) is 0 Å². The molecule has 0 bridgehead atoms. The average Bonchev–Trinajstić information content (AvgIpc) is 2.35. The summed E-state index contributed by atoms with van der Waals surface area (Å²) in [6.07, 6.45) is 0. The Bertz CT molecular complexity index is 569. The molecule has 0 aliphatic carbocycles. The molecule has 0 fully saturated rings. The van der Waals surface area contributed by atoms with Gasteiger partial charge in [0.15, 0.2) is 4.90 Å². The molecule has 1 aromatic rings. The van der Waals surface area contributed by atoms with Gasteiger partial charge in [0.05, 0.1) is 6.61 Å². The van der Waals surface area contributed by atoms with Gasteiger partial charge in [-0.05, 0) is 19.1 Å². The minimum Gasteiger partial charge on any atom is -0.465 e. The van der Waals surface area contributed by atoms with Crippen LogP contribution in [0.2, 0.25) is 0 Å². The Morgan fingerprint density at radius 2 is 1.80 bits per heavy atom. The van der Waals surface area contributed by atoms with Gasteiger partial charge in [-0.25, -0.2) is 17.2 Å². The van der Waals surface area contributed by atoms with E-state index in [-0.39, 0.29) is 13.2 Å². The molecule has 0 aliphatic rings. The van der Waals surface area contributed by atoms with E-state index in [1.54, 1.807) is 6.92 Å². The fourth-order valence-corrected chi connectivity index (χ4v) is 3.08. The van der Waals surface area contributed by atoms with Crippen molar-refractivity contribution in [3.05, 3.63) is 29.8 Å². The second kappa shape index (κ2) is 6.76. The highest BCUT2D eigenvalue weighted by atomic mass is 32.2. The smallest absolute Gasteiger partial charge is 0.321 e. The molecule has 0 radical (unpaired) electrons. The van der Waals surface area contributed by atoms with Crippen molar-refractivity contribution in [2.45, 2.75) is 18.7 Å². The molecule has 8 heteroatoms.